The number of amides is 2. The molecule has 3 aromatic carbocycles. The minimum Gasteiger partial charge on any atom is -0.324 e. The molecular formula is C27H25F4N3O3S. The highest BCUT2D eigenvalue weighted by atomic mass is 32.2. The van der Waals surface area contributed by atoms with Gasteiger partial charge in [0.1, 0.15) is 0 Å². The number of rotatable bonds is 5. The van der Waals surface area contributed by atoms with Gasteiger partial charge < -0.3 is 10.2 Å². The van der Waals surface area contributed by atoms with Crippen molar-refractivity contribution in [2.75, 3.05) is 29.3 Å². The summed E-state index contributed by atoms with van der Waals surface area (Å²) in [6.45, 7) is 0.842. The monoisotopic (exact) mass is 547 g/mol. The number of piperidine rings is 1. The number of fused-ring (bicyclic) bond motifs is 2. The maximum Gasteiger partial charge on any atom is 0.321 e. The van der Waals surface area contributed by atoms with E-state index in [0.717, 1.165) is 17.7 Å². The van der Waals surface area contributed by atoms with Gasteiger partial charge in [0.25, 0.3) is 22.9 Å². The van der Waals surface area contributed by atoms with Crippen molar-refractivity contribution >= 4 is 27.4 Å². The van der Waals surface area contributed by atoms with Crippen molar-refractivity contribution < 1.29 is 30.8 Å². The first-order valence-corrected chi connectivity index (χ1v) is 13.5. The van der Waals surface area contributed by atoms with E-state index in [0.29, 0.717) is 31.6 Å². The Labute approximate surface area is 217 Å². The van der Waals surface area contributed by atoms with Crippen LogP contribution in [0.2, 0.25) is 0 Å². The Hall–Kier alpha value is -3.60. The van der Waals surface area contributed by atoms with E-state index in [1.807, 2.05) is 12.1 Å². The van der Waals surface area contributed by atoms with Crippen LogP contribution in [0.4, 0.5) is 33.7 Å². The van der Waals surface area contributed by atoms with E-state index in [1.165, 1.54) is 34.6 Å². The molecule has 38 heavy (non-hydrogen) atoms. The van der Waals surface area contributed by atoms with Gasteiger partial charge >= 0.3 is 6.03 Å². The first-order valence-electron chi connectivity index (χ1n) is 12.1. The number of alkyl halides is 4. The van der Waals surface area contributed by atoms with Crippen molar-refractivity contribution in [2.24, 2.45) is 0 Å². The van der Waals surface area contributed by atoms with E-state index < -0.39 is 34.3 Å². The van der Waals surface area contributed by atoms with E-state index in [1.54, 1.807) is 23.1 Å². The first kappa shape index (κ1) is 26.0. The number of halogens is 4. The molecule has 2 heterocycles. The predicted octanol–water partition coefficient (Wildman–Crippen LogP) is 6.34. The minimum absolute atomic E-state index is 0.0726. The molecule has 1 saturated heterocycles. The van der Waals surface area contributed by atoms with Crippen LogP contribution in [0.3, 0.4) is 0 Å². The standard InChI is InChI=1S/C27H25F4N3O3S/c28-24(29)18-8-10-21(11-9-18)38(36,37)34-17-27(22-6-1-2-7-23(22)34)12-14-33(15-13-27)26(35)32-20-5-3-4-19(16-20)25(30)31/h1-11,16,24-25H,12-15,17H2,(H,32,35). The lowest BCUT2D eigenvalue weighted by molar-refractivity contribution is 0.151. The molecule has 6 nitrogen and oxygen atoms in total. The van der Waals surface area contributed by atoms with Gasteiger partial charge in [0, 0.05) is 41.9 Å². The third-order valence-electron chi connectivity index (χ3n) is 7.31. The molecular weight excluding hydrogens is 522 g/mol. The molecule has 3 aromatic rings. The first-order chi connectivity index (χ1) is 18.1. The van der Waals surface area contributed by atoms with Crippen LogP contribution in [-0.2, 0) is 15.4 Å². The van der Waals surface area contributed by atoms with Crippen molar-refractivity contribution in [2.45, 2.75) is 36.0 Å². The van der Waals surface area contributed by atoms with Crippen LogP contribution in [0.5, 0.6) is 0 Å². The van der Waals surface area contributed by atoms with E-state index in [2.05, 4.69) is 5.32 Å². The summed E-state index contributed by atoms with van der Waals surface area (Å²) < 4.78 is 80.4. The normalized spacial score (nSPS) is 16.8. The maximum atomic E-state index is 13.6. The van der Waals surface area contributed by atoms with Gasteiger partial charge in [-0.3, -0.25) is 4.31 Å². The molecule has 5 rings (SSSR count). The summed E-state index contributed by atoms with van der Waals surface area (Å²) in [7, 11) is -4.02. The lowest BCUT2D eigenvalue weighted by Crippen LogP contribution is -2.48. The van der Waals surface area contributed by atoms with Crippen molar-refractivity contribution in [3.63, 3.8) is 0 Å². The summed E-state index contributed by atoms with van der Waals surface area (Å²) in [4.78, 5) is 14.4. The number of sulfonamides is 1. The fourth-order valence-corrected chi connectivity index (χ4v) is 6.80. The number of urea groups is 1. The molecule has 0 saturated carbocycles. The fourth-order valence-electron chi connectivity index (χ4n) is 5.23. The fraction of sp³-hybridized carbons (Fsp3) is 0.296. The summed E-state index contributed by atoms with van der Waals surface area (Å²) in [6.07, 6.45) is -4.36. The topological polar surface area (TPSA) is 69.7 Å². The average Bonchev–Trinajstić information content (AvgIpc) is 3.24. The van der Waals surface area contributed by atoms with E-state index in [9.17, 15) is 30.8 Å². The third-order valence-corrected chi connectivity index (χ3v) is 9.08. The number of nitrogens with one attached hydrogen (secondary N) is 1. The quantitative estimate of drug-likeness (QED) is 0.379. The zero-order valence-electron chi connectivity index (χ0n) is 20.2. The van der Waals surface area contributed by atoms with Gasteiger partial charge in [-0.2, -0.15) is 0 Å². The molecule has 0 unspecified atom stereocenters. The Bertz CT molecular complexity index is 1440. The van der Waals surface area contributed by atoms with Crippen LogP contribution in [0.1, 0.15) is 42.4 Å². The number of benzene rings is 3. The summed E-state index contributed by atoms with van der Waals surface area (Å²) in [5.74, 6) is 0. The molecule has 1 spiro atoms. The molecule has 2 amide bonds. The van der Waals surface area contributed by atoms with Crippen molar-refractivity contribution in [1.29, 1.82) is 0 Å². The minimum atomic E-state index is -4.02. The number of likely N-dealkylation sites (tertiary alicyclic amines) is 1. The smallest absolute Gasteiger partial charge is 0.321 e. The lowest BCUT2D eigenvalue weighted by atomic mass is 9.74. The van der Waals surface area contributed by atoms with Gasteiger partial charge in [-0.15, -0.1) is 0 Å². The highest BCUT2D eigenvalue weighted by Gasteiger charge is 2.48. The number of hydrogen-bond donors (Lipinski definition) is 1. The van der Waals surface area contributed by atoms with Crippen LogP contribution in [0, 0.1) is 0 Å². The second-order valence-electron chi connectivity index (χ2n) is 9.52. The number of nitrogens with zero attached hydrogens (tertiary/aromatic N) is 2. The third kappa shape index (κ3) is 4.70. The second-order valence-corrected chi connectivity index (χ2v) is 11.4. The van der Waals surface area contributed by atoms with Crippen LogP contribution in [0.25, 0.3) is 0 Å². The molecule has 0 aliphatic carbocycles. The molecule has 1 N–H and O–H groups in total. The van der Waals surface area contributed by atoms with Crippen LogP contribution >= 0.6 is 0 Å². The summed E-state index contributed by atoms with van der Waals surface area (Å²) in [6, 6.07) is 16.9. The zero-order chi connectivity index (χ0) is 27.1. The van der Waals surface area contributed by atoms with Gasteiger partial charge in [-0.05, 0) is 48.7 Å². The average molecular weight is 548 g/mol. The van der Waals surface area contributed by atoms with Crippen LogP contribution in [0.15, 0.2) is 77.7 Å². The highest BCUT2D eigenvalue weighted by molar-refractivity contribution is 7.92. The molecule has 0 atom stereocenters. The Morgan fingerprint density at radius 2 is 1.50 bits per heavy atom. The maximum absolute atomic E-state index is 13.6. The van der Waals surface area contributed by atoms with E-state index in [-0.39, 0.29) is 28.3 Å². The molecule has 11 heteroatoms. The Morgan fingerprint density at radius 1 is 0.842 bits per heavy atom. The van der Waals surface area contributed by atoms with Gasteiger partial charge in [0.05, 0.1) is 10.6 Å². The van der Waals surface area contributed by atoms with Gasteiger partial charge in [0.2, 0.25) is 0 Å². The number of anilines is 2. The molecule has 2 aliphatic heterocycles. The molecule has 0 bridgehead atoms. The van der Waals surface area contributed by atoms with Gasteiger partial charge in [0.15, 0.2) is 0 Å². The molecule has 200 valence electrons. The Kier molecular flexibility index (Phi) is 6.81. The number of carbonyl (C=O) groups is 1. The van der Waals surface area contributed by atoms with Crippen LogP contribution < -0.4 is 9.62 Å². The Morgan fingerprint density at radius 3 is 2.16 bits per heavy atom. The Balaban J connectivity index is 1.34. The van der Waals surface area contributed by atoms with Crippen molar-refractivity contribution in [3.05, 3.63) is 89.5 Å². The SMILES string of the molecule is O=C(Nc1cccc(C(F)F)c1)N1CCC2(CC1)CN(S(=O)(=O)c1ccc(C(F)F)cc1)c1ccccc12. The summed E-state index contributed by atoms with van der Waals surface area (Å²) in [5.41, 5.74) is 0.694. The van der Waals surface area contributed by atoms with E-state index in [4.69, 9.17) is 0 Å². The molecule has 0 aromatic heterocycles. The zero-order valence-corrected chi connectivity index (χ0v) is 21.0. The van der Waals surface area contributed by atoms with Gasteiger partial charge in [-0.25, -0.2) is 30.8 Å². The molecule has 0 radical (unpaired) electrons. The number of para-hydroxylation sites is 1. The largest absolute Gasteiger partial charge is 0.324 e. The van der Waals surface area contributed by atoms with E-state index >= 15 is 0 Å². The summed E-state index contributed by atoms with van der Waals surface area (Å²) >= 11 is 0. The van der Waals surface area contributed by atoms with Crippen LogP contribution in [-0.4, -0.2) is 39.0 Å². The number of hydrogen-bond acceptors (Lipinski definition) is 3. The second kappa shape index (κ2) is 9.94. The number of carbonyl (C=O) groups excluding carboxylic acids is 1. The van der Waals surface area contributed by atoms with Gasteiger partial charge in [-0.1, -0.05) is 42.5 Å². The summed E-state index contributed by atoms with van der Waals surface area (Å²) in [5, 5.41) is 2.67. The lowest BCUT2D eigenvalue weighted by Gasteiger charge is -2.39. The highest BCUT2D eigenvalue weighted by Crippen LogP contribution is 2.48. The van der Waals surface area contributed by atoms with Crippen molar-refractivity contribution in [1.82, 2.24) is 4.90 Å². The van der Waals surface area contributed by atoms with Crippen molar-refractivity contribution in [3.8, 4) is 0 Å². The molecule has 2 aliphatic rings. The predicted molar refractivity (Wildman–Crippen MR) is 135 cm³/mol. The molecule has 1 fully saturated rings.